The van der Waals surface area contributed by atoms with Crippen LogP contribution in [0.2, 0.25) is 0 Å². The molecule has 4 saturated carbocycles. The van der Waals surface area contributed by atoms with Crippen LogP contribution < -0.4 is 0 Å². The van der Waals surface area contributed by atoms with Crippen LogP contribution in [-0.2, 0) is 19.0 Å². The summed E-state index contributed by atoms with van der Waals surface area (Å²) in [5, 5.41) is 19.8. The minimum Gasteiger partial charge on any atom is -0.456 e. The Morgan fingerprint density at radius 1 is 0.744 bits per heavy atom. The molecule has 0 aromatic rings. The number of halogens is 9. The second-order valence-corrected chi connectivity index (χ2v) is 14.1. The van der Waals surface area contributed by atoms with Gasteiger partial charge < -0.3 is 24.4 Å². The number of carbonyl (C=O) groups excluding carboxylic acids is 1. The Morgan fingerprint density at radius 3 is 1.53 bits per heavy atom. The van der Waals surface area contributed by atoms with Crippen molar-refractivity contribution in [2.45, 2.75) is 127 Å². The minimum absolute atomic E-state index is 0.0213. The lowest BCUT2D eigenvalue weighted by molar-refractivity contribution is -0.388. The molecule has 4 rings (SSSR count). The Hall–Kier alpha value is -1.58. The van der Waals surface area contributed by atoms with Crippen molar-refractivity contribution in [3.63, 3.8) is 0 Å². The topological polar surface area (TPSA) is 85.2 Å². The number of carbonyl (C=O) groups is 1. The zero-order valence-corrected chi connectivity index (χ0v) is 24.9. The summed E-state index contributed by atoms with van der Waals surface area (Å²) in [6.07, 6.45) is -16.3. The van der Waals surface area contributed by atoms with Crippen LogP contribution in [0, 0.1) is 16.7 Å². The van der Waals surface area contributed by atoms with Gasteiger partial charge in [0.1, 0.15) is 5.60 Å². The average molecular weight is 643 g/mol. The van der Waals surface area contributed by atoms with Crippen molar-refractivity contribution in [2.24, 2.45) is 16.7 Å². The van der Waals surface area contributed by atoms with Crippen LogP contribution in [0.25, 0.3) is 0 Å². The smallest absolute Gasteiger partial charge is 0.428 e. The summed E-state index contributed by atoms with van der Waals surface area (Å²) >= 11 is 0. The Kier molecular flexibility index (Phi) is 8.53. The first-order chi connectivity index (χ1) is 18.9. The molecule has 0 heterocycles. The Morgan fingerprint density at radius 2 is 1.16 bits per heavy atom. The molecule has 0 saturated heterocycles. The zero-order chi connectivity index (χ0) is 33.5. The first-order valence-electron chi connectivity index (χ1n) is 13.7. The molecule has 15 heteroatoms. The van der Waals surface area contributed by atoms with Crippen molar-refractivity contribution < 1.29 is 68.7 Å². The molecule has 0 aromatic heterocycles. The van der Waals surface area contributed by atoms with Crippen molar-refractivity contribution in [3.8, 4) is 0 Å². The SMILES string of the molecule is C=C(C)C(=O)OC12CC3CC(C(C)(C)OCC(C)(O)C(F)(F)F)(C1)CC(C(C)(C)OCC(O)(C(F)(F)F)C(F)(F)F)(C3)C2. The van der Waals surface area contributed by atoms with Crippen LogP contribution >= 0.6 is 0 Å². The van der Waals surface area contributed by atoms with Gasteiger partial charge in [0.05, 0.1) is 24.4 Å². The molecule has 0 radical (unpaired) electrons. The van der Waals surface area contributed by atoms with E-state index >= 15 is 0 Å². The fourth-order valence-electron chi connectivity index (χ4n) is 7.41. The van der Waals surface area contributed by atoms with Gasteiger partial charge >= 0.3 is 24.5 Å². The molecule has 4 aliphatic carbocycles. The summed E-state index contributed by atoms with van der Waals surface area (Å²) in [5.41, 5.74) is -15.3. The minimum atomic E-state index is -6.12. The van der Waals surface area contributed by atoms with E-state index in [2.05, 4.69) is 6.58 Å². The molecular formula is C28H39F9O6. The highest BCUT2D eigenvalue weighted by atomic mass is 19.4. The van der Waals surface area contributed by atoms with Crippen LogP contribution in [0.15, 0.2) is 12.2 Å². The molecule has 43 heavy (non-hydrogen) atoms. The standard InChI is InChI=1S/C28H39F9O6/c1-16(2)18(38)43-24-10-17-8-22(12-24,19(3,4)41-14-21(7,39)26(29,30)31)11-23(9-17,13-24)20(5,6)42-15-25(40,27(32,33)34)28(35,36)37/h17,39-40H,1,8-15H2,2-7H3. The molecular weight excluding hydrogens is 603 g/mol. The number of hydrogen-bond donors (Lipinski definition) is 2. The molecule has 2 N–H and O–H groups in total. The van der Waals surface area contributed by atoms with E-state index in [0.717, 1.165) is 0 Å². The molecule has 0 spiro atoms. The zero-order valence-electron chi connectivity index (χ0n) is 24.9. The Bertz CT molecular complexity index is 1100. The molecule has 0 amide bonds. The number of alkyl halides is 9. The van der Waals surface area contributed by atoms with Gasteiger partial charge in [-0.2, -0.15) is 39.5 Å². The first-order valence-corrected chi connectivity index (χ1v) is 13.7. The van der Waals surface area contributed by atoms with Gasteiger partial charge in [-0.15, -0.1) is 0 Å². The van der Waals surface area contributed by atoms with Gasteiger partial charge in [0.25, 0.3) is 5.60 Å². The molecule has 4 bridgehead atoms. The van der Waals surface area contributed by atoms with E-state index < -0.39 is 76.5 Å². The van der Waals surface area contributed by atoms with Crippen LogP contribution in [0.5, 0.6) is 0 Å². The van der Waals surface area contributed by atoms with Gasteiger partial charge in [-0.05, 0) is 86.0 Å². The normalized spacial score (nSPS) is 31.6. The summed E-state index contributed by atoms with van der Waals surface area (Å²) in [6.45, 7) is 7.74. The van der Waals surface area contributed by atoms with Crippen LogP contribution in [-0.4, -0.2) is 75.9 Å². The molecule has 4 fully saturated rings. The molecule has 4 aliphatic rings. The fraction of sp³-hybridized carbons (Fsp3) is 0.893. The summed E-state index contributed by atoms with van der Waals surface area (Å²) < 4.78 is 138. The summed E-state index contributed by atoms with van der Waals surface area (Å²) in [6, 6.07) is 0. The largest absolute Gasteiger partial charge is 0.456 e. The van der Waals surface area contributed by atoms with Gasteiger partial charge in [0, 0.05) is 16.4 Å². The molecule has 5 unspecified atom stereocenters. The van der Waals surface area contributed by atoms with Crippen LogP contribution in [0.1, 0.15) is 80.1 Å². The molecule has 6 nitrogen and oxygen atoms in total. The summed E-state index contributed by atoms with van der Waals surface area (Å²) in [7, 11) is 0. The van der Waals surface area contributed by atoms with E-state index in [9.17, 15) is 54.5 Å². The van der Waals surface area contributed by atoms with E-state index in [1.54, 1.807) is 0 Å². The number of aliphatic hydroxyl groups is 2. The molecule has 0 aliphatic heterocycles. The van der Waals surface area contributed by atoms with Crippen LogP contribution in [0.3, 0.4) is 0 Å². The third kappa shape index (κ3) is 6.04. The van der Waals surface area contributed by atoms with Crippen molar-refractivity contribution in [3.05, 3.63) is 12.2 Å². The maximum Gasteiger partial charge on any atom is 0.428 e. The lowest BCUT2D eigenvalue weighted by Gasteiger charge is -2.71. The maximum atomic E-state index is 13.5. The number of hydrogen-bond acceptors (Lipinski definition) is 6. The second kappa shape index (κ2) is 10.2. The van der Waals surface area contributed by atoms with E-state index in [1.807, 2.05) is 0 Å². The predicted octanol–water partition coefficient (Wildman–Crippen LogP) is 6.57. The first kappa shape index (κ1) is 35.9. The quantitative estimate of drug-likeness (QED) is 0.159. The second-order valence-electron chi connectivity index (χ2n) is 14.1. The predicted molar refractivity (Wildman–Crippen MR) is 133 cm³/mol. The van der Waals surface area contributed by atoms with Gasteiger partial charge in [-0.25, -0.2) is 4.79 Å². The highest BCUT2D eigenvalue weighted by molar-refractivity contribution is 5.87. The summed E-state index contributed by atoms with van der Waals surface area (Å²) in [5.74, 6) is -1.11. The Labute approximate surface area is 243 Å². The van der Waals surface area contributed by atoms with Gasteiger partial charge in [0.15, 0.2) is 5.60 Å². The summed E-state index contributed by atoms with van der Waals surface area (Å²) in [4.78, 5) is 12.8. The monoisotopic (exact) mass is 642 g/mol. The van der Waals surface area contributed by atoms with Crippen molar-refractivity contribution in [2.75, 3.05) is 13.2 Å². The van der Waals surface area contributed by atoms with Gasteiger partial charge in [0.2, 0.25) is 0 Å². The lowest BCUT2D eigenvalue weighted by Crippen LogP contribution is -2.71. The highest BCUT2D eigenvalue weighted by Crippen LogP contribution is 2.73. The molecule has 0 aromatic carbocycles. The Balaban J connectivity index is 2.07. The molecule has 250 valence electrons. The van der Waals surface area contributed by atoms with Crippen LogP contribution in [0.4, 0.5) is 39.5 Å². The number of ether oxygens (including phenoxy) is 3. The van der Waals surface area contributed by atoms with E-state index in [0.29, 0.717) is 13.3 Å². The average Bonchev–Trinajstić information content (AvgIpc) is 2.77. The fourth-order valence-corrected chi connectivity index (χ4v) is 7.41. The van der Waals surface area contributed by atoms with Gasteiger partial charge in [-0.1, -0.05) is 6.58 Å². The number of esters is 1. The van der Waals surface area contributed by atoms with Crippen molar-refractivity contribution >= 4 is 5.97 Å². The molecule has 5 atom stereocenters. The van der Waals surface area contributed by atoms with E-state index in [4.69, 9.17) is 14.2 Å². The third-order valence-corrected chi connectivity index (χ3v) is 10.1. The maximum absolute atomic E-state index is 13.5. The number of rotatable bonds is 10. The van der Waals surface area contributed by atoms with Crippen molar-refractivity contribution in [1.82, 2.24) is 0 Å². The highest BCUT2D eigenvalue weighted by Gasteiger charge is 2.74. The third-order valence-electron chi connectivity index (χ3n) is 10.1. The van der Waals surface area contributed by atoms with Gasteiger partial charge in [-0.3, -0.25) is 0 Å². The van der Waals surface area contributed by atoms with E-state index in [1.165, 1.54) is 34.6 Å². The van der Waals surface area contributed by atoms with E-state index in [-0.39, 0.29) is 43.6 Å². The van der Waals surface area contributed by atoms with Crippen molar-refractivity contribution in [1.29, 1.82) is 0 Å². The lowest BCUT2D eigenvalue weighted by atomic mass is 9.37.